The van der Waals surface area contributed by atoms with Crippen molar-refractivity contribution in [3.05, 3.63) is 34.9 Å². The number of nitrogens with zero attached hydrogens (tertiary/aromatic N) is 1. The Morgan fingerprint density at radius 3 is 2.56 bits per heavy atom. The van der Waals surface area contributed by atoms with Crippen LogP contribution in [0.3, 0.4) is 0 Å². The third kappa shape index (κ3) is 3.01. The second-order valence-corrected chi connectivity index (χ2v) is 5.47. The monoisotopic (exact) mass is 284 g/mol. The van der Waals surface area contributed by atoms with Crippen LogP contribution in [-0.4, -0.2) is 34.2 Å². The van der Waals surface area contributed by atoms with E-state index < -0.39 is 0 Å². The van der Waals surface area contributed by atoms with Crippen LogP contribution in [0, 0.1) is 0 Å². The van der Waals surface area contributed by atoms with Crippen molar-refractivity contribution in [2.75, 3.05) is 13.1 Å². The molecule has 1 saturated heterocycles. The normalized spacial score (nSPS) is 19.7. The summed E-state index contributed by atoms with van der Waals surface area (Å²) in [4.78, 5) is 2.62. The Morgan fingerprint density at radius 2 is 2.00 bits per heavy atom. The molecule has 1 aromatic carbocycles. The van der Waals surface area contributed by atoms with Gasteiger partial charge in [0.15, 0.2) is 0 Å². The standard InChI is InChI=1S/C13H17ClN2OS/c14-11-4-2-1-3-10(11)12(13(15)18)16-7-5-9(17)6-8-16/h1-4,9,12,17H,5-8H2,(H2,15,18). The van der Waals surface area contributed by atoms with Gasteiger partial charge in [-0.1, -0.05) is 42.0 Å². The van der Waals surface area contributed by atoms with Crippen LogP contribution in [-0.2, 0) is 0 Å². The first kappa shape index (κ1) is 13.7. The number of aliphatic hydroxyl groups is 1. The molecule has 0 aromatic heterocycles. The maximum atomic E-state index is 9.56. The van der Waals surface area contributed by atoms with Crippen LogP contribution >= 0.6 is 23.8 Å². The topological polar surface area (TPSA) is 49.5 Å². The summed E-state index contributed by atoms with van der Waals surface area (Å²) < 4.78 is 0. The summed E-state index contributed by atoms with van der Waals surface area (Å²) in [6.07, 6.45) is 1.30. The maximum absolute atomic E-state index is 9.56. The van der Waals surface area contributed by atoms with Gasteiger partial charge in [-0.25, -0.2) is 0 Å². The smallest absolute Gasteiger partial charge is 0.0948 e. The van der Waals surface area contributed by atoms with E-state index >= 15 is 0 Å². The van der Waals surface area contributed by atoms with Crippen LogP contribution < -0.4 is 5.73 Å². The summed E-state index contributed by atoms with van der Waals surface area (Å²) >= 11 is 11.4. The summed E-state index contributed by atoms with van der Waals surface area (Å²) in [6.45, 7) is 1.57. The van der Waals surface area contributed by atoms with Gasteiger partial charge in [0.25, 0.3) is 0 Å². The minimum atomic E-state index is -0.209. The fourth-order valence-electron chi connectivity index (χ4n) is 2.37. The number of aliphatic hydroxyl groups excluding tert-OH is 1. The molecule has 3 N–H and O–H groups in total. The fourth-order valence-corrected chi connectivity index (χ4v) is 2.89. The Morgan fingerprint density at radius 1 is 1.39 bits per heavy atom. The first-order valence-electron chi connectivity index (χ1n) is 6.05. The van der Waals surface area contributed by atoms with Gasteiger partial charge in [-0.05, 0) is 24.5 Å². The Kier molecular flexibility index (Phi) is 4.56. The van der Waals surface area contributed by atoms with E-state index in [1.165, 1.54) is 0 Å². The fraction of sp³-hybridized carbons (Fsp3) is 0.462. The molecule has 2 rings (SSSR count). The van der Waals surface area contributed by atoms with Crippen molar-refractivity contribution < 1.29 is 5.11 Å². The van der Waals surface area contributed by atoms with E-state index in [1.54, 1.807) is 0 Å². The number of hydrogen-bond donors (Lipinski definition) is 2. The van der Waals surface area contributed by atoms with Crippen LogP contribution in [0.2, 0.25) is 5.02 Å². The minimum absolute atomic E-state index is 0.138. The van der Waals surface area contributed by atoms with Crippen LogP contribution in [0.25, 0.3) is 0 Å². The number of thiocarbonyl (C=S) groups is 1. The Bertz CT molecular complexity index is 433. The van der Waals surface area contributed by atoms with E-state index in [4.69, 9.17) is 29.6 Å². The molecule has 0 aliphatic carbocycles. The molecule has 1 unspecified atom stereocenters. The summed E-state index contributed by atoms with van der Waals surface area (Å²) in [6, 6.07) is 7.49. The molecule has 98 valence electrons. The lowest BCUT2D eigenvalue weighted by Gasteiger charge is -2.36. The van der Waals surface area contributed by atoms with Crippen LogP contribution in [0.15, 0.2) is 24.3 Å². The quantitative estimate of drug-likeness (QED) is 0.835. The molecule has 1 aliphatic rings. The zero-order valence-electron chi connectivity index (χ0n) is 10.1. The Balaban J connectivity index is 2.24. The minimum Gasteiger partial charge on any atom is -0.393 e. The number of hydrogen-bond acceptors (Lipinski definition) is 3. The molecule has 0 spiro atoms. The van der Waals surface area contributed by atoms with Gasteiger partial charge in [-0.3, -0.25) is 4.90 Å². The molecular formula is C13H17ClN2OS. The van der Waals surface area contributed by atoms with E-state index in [9.17, 15) is 5.11 Å². The van der Waals surface area contributed by atoms with Crippen LogP contribution in [0.5, 0.6) is 0 Å². The molecule has 0 amide bonds. The van der Waals surface area contributed by atoms with E-state index in [-0.39, 0.29) is 12.1 Å². The summed E-state index contributed by atoms with van der Waals surface area (Å²) in [7, 11) is 0. The molecule has 1 fully saturated rings. The third-order valence-electron chi connectivity index (χ3n) is 3.33. The van der Waals surface area contributed by atoms with E-state index in [0.717, 1.165) is 31.5 Å². The second-order valence-electron chi connectivity index (χ2n) is 4.59. The summed E-state index contributed by atoms with van der Waals surface area (Å²) in [5.74, 6) is 0. The van der Waals surface area contributed by atoms with Crippen molar-refractivity contribution in [3.8, 4) is 0 Å². The van der Waals surface area contributed by atoms with Crippen molar-refractivity contribution in [3.63, 3.8) is 0 Å². The van der Waals surface area contributed by atoms with Crippen LogP contribution in [0.1, 0.15) is 24.4 Å². The van der Waals surface area contributed by atoms with Gasteiger partial charge in [-0.2, -0.15) is 0 Å². The van der Waals surface area contributed by atoms with Crippen molar-refractivity contribution in [2.45, 2.75) is 25.0 Å². The van der Waals surface area contributed by atoms with Gasteiger partial charge in [0.2, 0.25) is 0 Å². The predicted octanol–water partition coefficient (Wildman–Crippen LogP) is 2.12. The maximum Gasteiger partial charge on any atom is 0.0948 e. The summed E-state index contributed by atoms with van der Waals surface area (Å²) in [5.41, 5.74) is 6.82. The molecule has 0 radical (unpaired) electrons. The molecular weight excluding hydrogens is 268 g/mol. The summed E-state index contributed by atoms with van der Waals surface area (Å²) in [5, 5.41) is 10.2. The lowest BCUT2D eigenvalue weighted by atomic mass is 10.0. The average Bonchev–Trinajstić information content (AvgIpc) is 2.34. The van der Waals surface area contributed by atoms with Gasteiger partial charge >= 0.3 is 0 Å². The first-order chi connectivity index (χ1) is 8.59. The molecule has 0 bridgehead atoms. The Hall–Kier alpha value is -0.680. The number of piperidine rings is 1. The third-order valence-corrected chi connectivity index (χ3v) is 3.90. The lowest BCUT2D eigenvalue weighted by molar-refractivity contribution is 0.0739. The van der Waals surface area contributed by atoms with Gasteiger partial charge < -0.3 is 10.8 Å². The van der Waals surface area contributed by atoms with Crippen molar-refractivity contribution >= 4 is 28.8 Å². The lowest BCUT2D eigenvalue weighted by Crippen LogP contribution is -2.43. The van der Waals surface area contributed by atoms with Gasteiger partial charge in [-0.15, -0.1) is 0 Å². The molecule has 0 saturated carbocycles. The number of likely N-dealkylation sites (tertiary alicyclic amines) is 1. The molecule has 1 atom stereocenters. The Labute approximate surface area is 118 Å². The van der Waals surface area contributed by atoms with Crippen molar-refractivity contribution in [1.29, 1.82) is 0 Å². The van der Waals surface area contributed by atoms with Gasteiger partial charge in [0, 0.05) is 18.1 Å². The SMILES string of the molecule is NC(=S)C(c1ccccc1Cl)N1CCC(O)CC1. The van der Waals surface area contributed by atoms with E-state index in [2.05, 4.69) is 4.90 Å². The first-order valence-corrected chi connectivity index (χ1v) is 6.84. The van der Waals surface area contributed by atoms with Crippen molar-refractivity contribution in [2.24, 2.45) is 5.73 Å². The highest BCUT2D eigenvalue weighted by molar-refractivity contribution is 7.80. The van der Waals surface area contributed by atoms with Gasteiger partial charge in [0.1, 0.15) is 0 Å². The molecule has 5 heteroatoms. The highest BCUT2D eigenvalue weighted by atomic mass is 35.5. The molecule has 18 heavy (non-hydrogen) atoms. The molecule has 3 nitrogen and oxygen atoms in total. The number of rotatable bonds is 3. The van der Waals surface area contributed by atoms with Crippen LogP contribution in [0.4, 0.5) is 0 Å². The molecule has 1 aromatic rings. The molecule has 1 heterocycles. The average molecular weight is 285 g/mol. The second kappa shape index (κ2) is 5.97. The molecule has 1 aliphatic heterocycles. The largest absolute Gasteiger partial charge is 0.393 e. The van der Waals surface area contributed by atoms with Crippen molar-refractivity contribution in [1.82, 2.24) is 4.90 Å². The van der Waals surface area contributed by atoms with E-state index in [0.29, 0.717) is 10.0 Å². The highest BCUT2D eigenvalue weighted by Gasteiger charge is 2.28. The highest BCUT2D eigenvalue weighted by Crippen LogP contribution is 2.30. The number of benzene rings is 1. The zero-order valence-corrected chi connectivity index (χ0v) is 11.6. The number of nitrogens with two attached hydrogens (primary N) is 1. The predicted molar refractivity (Wildman–Crippen MR) is 77.8 cm³/mol. The zero-order chi connectivity index (χ0) is 13.1. The van der Waals surface area contributed by atoms with E-state index in [1.807, 2.05) is 24.3 Å². The number of halogens is 1. The van der Waals surface area contributed by atoms with Gasteiger partial charge in [0.05, 0.1) is 17.1 Å².